The molecule has 0 bridgehead atoms. The van der Waals surface area contributed by atoms with E-state index in [9.17, 15) is 4.79 Å². The lowest BCUT2D eigenvalue weighted by Crippen LogP contribution is -2.45. The third-order valence-corrected chi connectivity index (χ3v) is 1.45. The Hall–Kier alpha value is -0.720. The first kappa shape index (κ1) is 16.7. The lowest BCUT2D eigenvalue weighted by molar-refractivity contribution is -0.135. The highest BCUT2D eigenvalue weighted by molar-refractivity contribution is 7.80. The monoisotopic (exact) mass is 235 g/mol. The molecule has 5 nitrogen and oxygen atoms in total. The molecule has 6 heteroatoms. The number of thiocarbonyl (C=S) groups is 1. The van der Waals surface area contributed by atoms with Gasteiger partial charge in [0.25, 0.3) is 0 Å². The molecule has 0 fully saturated rings. The topological polar surface area (TPSA) is 101 Å². The van der Waals surface area contributed by atoms with Crippen LogP contribution in [0.3, 0.4) is 0 Å². The molecule has 1 atom stereocenters. The largest absolute Gasteiger partial charge is 0.480 e. The van der Waals surface area contributed by atoms with E-state index in [1.54, 1.807) is 0 Å². The number of carbonyl (C=O) groups is 1. The van der Waals surface area contributed by atoms with Crippen molar-refractivity contribution in [1.82, 2.24) is 5.32 Å². The molecule has 0 spiro atoms. The molecular weight excluding hydrogens is 214 g/mol. The second kappa shape index (κ2) is 9.82. The predicted molar refractivity (Wildman–Crippen MR) is 65.8 cm³/mol. The first-order valence-electron chi connectivity index (χ1n) is 4.76. The summed E-state index contributed by atoms with van der Waals surface area (Å²) in [5.74, 6) is -0.142. The Morgan fingerprint density at radius 1 is 1.47 bits per heavy atom. The molecule has 6 N–H and O–H groups in total. The molecule has 0 aliphatic rings. The van der Waals surface area contributed by atoms with E-state index in [-0.39, 0.29) is 18.1 Å². The van der Waals surface area contributed by atoms with Crippen LogP contribution < -0.4 is 16.8 Å². The maximum atomic E-state index is 10.0. The summed E-state index contributed by atoms with van der Waals surface area (Å²) in [6.07, 6.45) is 0. The molecule has 0 amide bonds. The van der Waals surface area contributed by atoms with Crippen molar-refractivity contribution in [2.24, 2.45) is 17.4 Å². The summed E-state index contributed by atoms with van der Waals surface area (Å²) in [7, 11) is 0. The number of hydrogen-bond acceptors (Lipinski definition) is 4. The van der Waals surface area contributed by atoms with E-state index in [2.05, 4.69) is 26.1 Å². The summed E-state index contributed by atoms with van der Waals surface area (Å²) >= 11 is 4.71. The average Bonchev–Trinajstić information content (AvgIpc) is 2.11. The van der Waals surface area contributed by atoms with Crippen LogP contribution in [0.15, 0.2) is 0 Å². The Kier molecular flexibility index (Phi) is 10.9. The average molecular weight is 235 g/mol. The molecule has 0 saturated carbocycles. The summed E-state index contributed by atoms with van der Waals surface area (Å²) in [6, 6.07) is -0.454. The first-order valence-corrected chi connectivity index (χ1v) is 5.17. The van der Waals surface area contributed by atoms with Crippen LogP contribution in [0.4, 0.5) is 0 Å². The van der Waals surface area contributed by atoms with E-state index >= 15 is 0 Å². The van der Waals surface area contributed by atoms with Gasteiger partial charge in [0.2, 0.25) is 0 Å². The molecule has 15 heavy (non-hydrogen) atoms. The van der Waals surface area contributed by atoms with E-state index in [0.29, 0.717) is 0 Å². The van der Waals surface area contributed by atoms with Gasteiger partial charge in [-0.05, 0) is 5.92 Å². The fraction of sp³-hybridized carbons (Fsp3) is 0.778. The van der Waals surface area contributed by atoms with Crippen molar-refractivity contribution >= 4 is 23.2 Å². The number of rotatable bonds is 4. The van der Waals surface area contributed by atoms with Gasteiger partial charge in [-0.1, -0.05) is 33.0 Å². The van der Waals surface area contributed by atoms with Gasteiger partial charge < -0.3 is 21.9 Å². The minimum Gasteiger partial charge on any atom is -0.480 e. The van der Waals surface area contributed by atoms with E-state index in [4.69, 9.17) is 28.8 Å². The molecule has 0 rings (SSSR count). The van der Waals surface area contributed by atoms with Crippen LogP contribution in [0.1, 0.15) is 20.8 Å². The number of nitrogens with two attached hydrogens (primary N) is 2. The van der Waals surface area contributed by atoms with Crippen molar-refractivity contribution in [2.45, 2.75) is 26.8 Å². The minimum atomic E-state index is -0.975. The minimum absolute atomic E-state index is 0.214. The second-order valence-corrected chi connectivity index (χ2v) is 4.13. The van der Waals surface area contributed by atoms with Gasteiger partial charge >= 0.3 is 5.97 Å². The van der Waals surface area contributed by atoms with Crippen LogP contribution in [0, 0.1) is 5.92 Å². The zero-order valence-electron chi connectivity index (χ0n) is 9.49. The van der Waals surface area contributed by atoms with Crippen molar-refractivity contribution in [1.29, 1.82) is 0 Å². The Morgan fingerprint density at radius 3 is 2.13 bits per heavy atom. The summed E-state index contributed by atoms with van der Waals surface area (Å²) in [5, 5.41) is 10.7. The predicted octanol–water partition coefficient (Wildman–Crippen LogP) is -0.0637. The number of aliphatic carboxylic acids is 1. The highest BCUT2D eigenvalue weighted by Gasteiger charge is 2.06. The summed E-state index contributed by atoms with van der Waals surface area (Å²) < 4.78 is 0. The van der Waals surface area contributed by atoms with E-state index < -0.39 is 12.0 Å². The van der Waals surface area contributed by atoms with Crippen molar-refractivity contribution in [2.75, 3.05) is 13.1 Å². The molecule has 0 radical (unpaired) electrons. The number of carboxylic acid groups (broad SMARTS) is 1. The van der Waals surface area contributed by atoms with E-state index in [1.165, 1.54) is 0 Å². The van der Waals surface area contributed by atoms with Crippen molar-refractivity contribution in [3.63, 3.8) is 0 Å². The molecule has 1 unspecified atom stereocenters. The third-order valence-electron chi connectivity index (χ3n) is 1.00. The van der Waals surface area contributed by atoms with Crippen molar-refractivity contribution in [3.8, 4) is 0 Å². The van der Waals surface area contributed by atoms with Crippen molar-refractivity contribution in [3.05, 3.63) is 0 Å². The van der Waals surface area contributed by atoms with E-state index in [1.807, 2.05) is 0 Å². The molecular formula is C9H21N3O2S. The molecule has 0 aromatic heterocycles. The molecule has 0 aromatic carbocycles. The SMILES string of the molecule is CC(C)C.NCC(N)C(=S)NCC(=O)O. The molecule has 0 aliphatic carbocycles. The van der Waals surface area contributed by atoms with Crippen LogP contribution in [0.2, 0.25) is 0 Å². The smallest absolute Gasteiger partial charge is 0.322 e. The standard InChI is InChI=1S/C5H11N3O2S.C4H10/c6-1-3(7)5(11)8-2-4(9)10;1-4(2)3/h3H,1-2,6-7H2,(H,8,11)(H,9,10);4H,1-3H3. The Bertz CT molecular complexity index is 195. The highest BCUT2D eigenvalue weighted by Crippen LogP contribution is 1.81. The molecule has 90 valence electrons. The van der Waals surface area contributed by atoms with Crippen LogP contribution in [-0.2, 0) is 4.79 Å². The van der Waals surface area contributed by atoms with Gasteiger partial charge in [-0.2, -0.15) is 0 Å². The molecule has 0 aliphatic heterocycles. The van der Waals surface area contributed by atoms with Gasteiger partial charge in [0.15, 0.2) is 0 Å². The van der Waals surface area contributed by atoms with Crippen LogP contribution in [0.5, 0.6) is 0 Å². The summed E-state index contributed by atoms with van der Waals surface area (Å²) in [6.45, 7) is 6.50. The third kappa shape index (κ3) is 16.0. The molecule has 0 saturated heterocycles. The fourth-order valence-electron chi connectivity index (χ4n) is 0.401. The second-order valence-electron chi connectivity index (χ2n) is 3.69. The van der Waals surface area contributed by atoms with Gasteiger partial charge in [0.1, 0.15) is 6.54 Å². The Morgan fingerprint density at radius 2 is 1.87 bits per heavy atom. The molecule has 0 aromatic rings. The maximum absolute atomic E-state index is 10.0. The van der Waals surface area contributed by atoms with Gasteiger partial charge in [-0.3, -0.25) is 4.79 Å². The zero-order chi connectivity index (χ0) is 12.4. The Balaban J connectivity index is 0. The van der Waals surface area contributed by atoms with E-state index in [0.717, 1.165) is 5.92 Å². The summed E-state index contributed by atoms with van der Waals surface area (Å²) in [4.78, 5) is 10.3. The fourth-order valence-corrected chi connectivity index (χ4v) is 0.569. The lowest BCUT2D eigenvalue weighted by Gasteiger charge is -2.10. The maximum Gasteiger partial charge on any atom is 0.322 e. The Labute approximate surface area is 96.2 Å². The van der Waals surface area contributed by atoms with Crippen molar-refractivity contribution < 1.29 is 9.90 Å². The molecule has 0 heterocycles. The van der Waals surface area contributed by atoms with Crippen LogP contribution in [0.25, 0.3) is 0 Å². The quantitative estimate of drug-likeness (QED) is 0.509. The number of hydrogen-bond donors (Lipinski definition) is 4. The normalized spacial score (nSPS) is 11.3. The number of carboxylic acids is 1. The van der Waals surface area contributed by atoms with Crippen LogP contribution in [-0.4, -0.2) is 35.2 Å². The first-order chi connectivity index (χ1) is 6.81. The lowest BCUT2D eigenvalue weighted by atomic mass is 10.3. The summed E-state index contributed by atoms with van der Waals surface area (Å²) in [5.41, 5.74) is 10.6. The van der Waals surface area contributed by atoms with Crippen LogP contribution >= 0.6 is 12.2 Å². The number of nitrogens with one attached hydrogen (secondary N) is 1. The van der Waals surface area contributed by atoms with Gasteiger partial charge in [-0.25, -0.2) is 0 Å². The van der Waals surface area contributed by atoms with Gasteiger partial charge in [0.05, 0.1) is 11.0 Å². The van der Waals surface area contributed by atoms with Gasteiger partial charge in [-0.15, -0.1) is 0 Å². The van der Waals surface area contributed by atoms with Gasteiger partial charge in [0, 0.05) is 6.54 Å². The zero-order valence-corrected chi connectivity index (χ0v) is 10.3. The highest BCUT2D eigenvalue weighted by atomic mass is 32.1.